The smallest absolute Gasteiger partial charge is 0.0992 e. The first-order chi connectivity index (χ1) is 7.13. The fraction of sp³-hybridized carbons (Fsp3) is 0.364. The van der Waals surface area contributed by atoms with Crippen LogP contribution in [0.5, 0.6) is 0 Å². The van der Waals surface area contributed by atoms with Gasteiger partial charge in [-0.05, 0) is 32.3 Å². The van der Waals surface area contributed by atoms with Crippen LogP contribution < -0.4 is 5.73 Å². The van der Waals surface area contributed by atoms with Crippen molar-refractivity contribution in [2.45, 2.75) is 4.90 Å². The molecule has 0 bridgehead atoms. The van der Waals surface area contributed by atoms with E-state index in [-0.39, 0.29) is 0 Å². The largest absolute Gasteiger partial charge is 0.398 e. The Morgan fingerprint density at radius 1 is 1.47 bits per heavy atom. The first kappa shape index (κ1) is 11.9. The summed E-state index contributed by atoms with van der Waals surface area (Å²) >= 11 is 1.72. The van der Waals surface area contributed by atoms with E-state index in [1.807, 2.05) is 20.2 Å². The van der Waals surface area contributed by atoms with Gasteiger partial charge in [0.25, 0.3) is 0 Å². The lowest BCUT2D eigenvalue weighted by Gasteiger charge is -2.09. The summed E-state index contributed by atoms with van der Waals surface area (Å²) in [7, 11) is 4.09. The van der Waals surface area contributed by atoms with Crippen molar-refractivity contribution in [2.75, 3.05) is 32.1 Å². The molecule has 0 atom stereocenters. The van der Waals surface area contributed by atoms with Gasteiger partial charge in [0, 0.05) is 22.9 Å². The number of thioether (sulfide) groups is 1. The van der Waals surface area contributed by atoms with E-state index in [9.17, 15) is 0 Å². The van der Waals surface area contributed by atoms with E-state index in [2.05, 4.69) is 11.0 Å². The van der Waals surface area contributed by atoms with E-state index in [0.717, 1.165) is 17.2 Å². The van der Waals surface area contributed by atoms with Crippen LogP contribution in [0.4, 0.5) is 5.69 Å². The summed E-state index contributed by atoms with van der Waals surface area (Å²) in [4.78, 5) is 3.18. The molecule has 0 unspecified atom stereocenters. The van der Waals surface area contributed by atoms with Crippen molar-refractivity contribution in [3.8, 4) is 6.07 Å². The lowest BCUT2D eigenvalue weighted by molar-refractivity contribution is 0.437. The molecule has 0 fully saturated rings. The van der Waals surface area contributed by atoms with Crippen LogP contribution in [0.15, 0.2) is 23.1 Å². The van der Waals surface area contributed by atoms with Gasteiger partial charge in [0.05, 0.1) is 11.6 Å². The van der Waals surface area contributed by atoms with Crippen LogP contribution in [-0.2, 0) is 0 Å². The Kier molecular flexibility index (Phi) is 4.47. The van der Waals surface area contributed by atoms with Gasteiger partial charge in [-0.1, -0.05) is 0 Å². The number of nitrogen functional groups attached to an aromatic ring is 1. The molecule has 0 spiro atoms. The highest BCUT2D eigenvalue weighted by atomic mass is 32.2. The molecule has 80 valence electrons. The second-order valence-corrected chi connectivity index (χ2v) is 4.65. The van der Waals surface area contributed by atoms with Gasteiger partial charge in [-0.2, -0.15) is 5.26 Å². The summed E-state index contributed by atoms with van der Waals surface area (Å²) in [5.41, 5.74) is 7.14. The Morgan fingerprint density at radius 3 is 2.73 bits per heavy atom. The highest BCUT2D eigenvalue weighted by Gasteiger charge is 2.01. The quantitative estimate of drug-likeness (QED) is 0.622. The maximum absolute atomic E-state index is 8.68. The summed E-state index contributed by atoms with van der Waals surface area (Å²) in [6.07, 6.45) is 0. The van der Waals surface area contributed by atoms with Crippen LogP contribution in [0.3, 0.4) is 0 Å². The van der Waals surface area contributed by atoms with Gasteiger partial charge in [-0.3, -0.25) is 0 Å². The molecule has 1 aromatic carbocycles. The third-order valence-corrected chi connectivity index (χ3v) is 3.00. The first-order valence-electron chi connectivity index (χ1n) is 4.70. The van der Waals surface area contributed by atoms with Gasteiger partial charge in [-0.15, -0.1) is 11.8 Å². The van der Waals surface area contributed by atoms with Crippen LogP contribution in [-0.4, -0.2) is 31.3 Å². The molecule has 4 heteroatoms. The molecule has 0 saturated heterocycles. The molecule has 0 saturated carbocycles. The van der Waals surface area contributed by atoms with Crippen molar-refractivity contribution in [3.63, 3.8) is 0 Å². The molecule has 0 aromatic heterocycles. The van der Waals surface area contributed by atoms with Crippen LogP contribution in [0.1, 0.15) is 5.56 Å². The van der Waals surface area contributed by atoms with Crippen molar-refractivity contribution in [3.05, 3.63) is 23.8 Å². The Labute approximate surface area is 94.9 Å². The molecular formula is C11H15N3S. The zero-order valence-corrected chi connectivity index (χ0v) is 9.84. The maximum atomic E-state index is 8.68. The summed E-state index contributed by atoms with van der Waals surface area (Å²) in [6, 6.07) is 7.50. The predicted octanol–water partition coefficient (Wildman–Crippen LogP) is 1.79. The van der Waals surface area contributed by atoms with Gasteiger partial charge in [-0.25, -0.2) is 0 Å². The minimum Gasteiger partial charge on any atom is -0.398 e. The van der Waals surface area contributed by atoms with Crippen LogP contribution in [0.2, 0.25) is 0 Å². The number of nitriles is 1. The van der Waals surface area contributed by atoms with Crippen molar-refractivity contribution in [1.82, 2.24) is 4.90 Å². The second kappa shape index (κ2) is 5.64. The molecule has 0 heterocycles. The van der Waals surface area contributed by atoms with E-state index in [1.54, 1.807) is 23.9 Å². The highest BCUT2D eigenvalue weighted by molar-refractivity contribution is 7.99. The van der Waals surface area contributed by atoms with Gasteiger partial charge in [0.1, 0.15) is 0 Å². The van der Waals surface area contributed by atoms with E-state index >= 15 is 0 Å². The summed E-state index contributed by atoms with van der Waals surface area (Å²) < 4.78 is 0. The summed E-state index contributed by atoms with van der Waals surface area (Å²) in [5, 5.41) is 8.68. The predicted molar refractivity (Wildman–Crippen MR) is 64.8 cm³/mol. The van der Waals surface area contributed by atoms with Crippen molar-refractivity contribution < 1.29 is 0 Å². The number of rotatable bonds is 4. The molecule has 3 nitrogen and oxygen atoms in total. The van der Waals surface area contributed by atoms with Crippen LogP contribution in [0, 0.1) is 11.3 Å². The minimum absolute atomic E-state index is 0.615. The van der Waals surface area contributed by atoms with E-state index in [1.165, 1.54) is 0 Å². The van der Waals surface area contributed by atoms with E-state index in [0.29, 0.717) is 11.3 Å². The zero-order valence-electron chi connectivity index (χ0n) is 9.03. The number of anilines is 1. The lowest BCUT2D eigenvalue weighted by Crippen LogP contribution is -2.14. The van der Waals surface area contributed by atoms with Crippen LogP contribution >= 0.6 is 11.8 Å². The fourth-order valence-corrected chi connectivity index (χ4v) is 2.15. The maximum Gasteiger partial charge on any atom is 0.0992 e. The normalized spacial score (nSPS) is 10.3. The van der Waals surface area contributed by atoms with E-state index in [4.69, 9.17) is 11.0 Å². The van der Waals surface area contributed by atoms with Gasteiger partial charge in [0.2, 0.25) is 0 Å². The number of nitrogens with two attached hydrogens (primary N) is 1. The third kappa shape index (κ3) is 3.82. The molecule has 0 aliphatic carbocycles. The van der Waals surface area contributed by atoms with E-state index < -0.39 is 0 Å². The Hall–Kier alpha value is -1.18. The molecule has 0 radical (unpaired) electrons. The number of nitrogens with zero attached hydrogens (tertiary/aromatic N) is 2. The minimum atomic E-state index is 0.615. The Balaban J connectivity index is 2.59. The molecule has 2 N–H and O–H groups in total. The van der Waals surface area contributed by atoms with Gasteiger partial charge < -0.3 is 10.6 Å². The van der Waals surface area contributed by atoms with Crippen molar-refractivity contribution >= 4 is 17.4 Å². The van der Waals surface area contributed by atoms with Gasteiger partial charge in [0.15, 0.2) is 0 Å². The lowest BCUT2D eigenvalue weighted by atomic mass is 10.2. The topological polar surface area (TPSA) is 53.0 Å². The molecule has 0 amide bonds. The number of hydrogen-bond acceptors (Lipinski definition) is 4. The average molecular weight is 221 g/mol. The zero-order chi connectivity index (χ0) is 11.3. The first-order valence-corrected chi connectivity index (χ1v) is 5.69. The average Bonchev–Trinajstić information content (AvgIpc) is 2.20. The SMILES string of the molecule is CN(C)CCSc1ccc(C#N)cc1N. The second-order valence-electron chi connectivity index (χ2n) is 3.52. The van der Waals surface area contributed by atoms with Crippen molar-refractivity contribution in [1.29, 1.82) is 5.26 Å². The Morgan fingerprint density at radius 2 is 2.20 bits per heavy atom. The van der Waals surface area contributed by atoms with Crippen molar-refractivity contribution in [2.24, 2.45) is 0 Å². The number of benzene rings is 1. The monoisotopic (exact) mass is 221 g/mol. The highest BCUT2D eigenvalue weighted by Crippen LogP contribution is 2.25. The molecule has 1 rings (SSSR count). The molecule has 0 aliphatic rings. The molecule has 1 aromatic rings. The summed E-state index contributed by atoms with van der Waals surface area (Å²) in [6.45, 7) is 1.02. The molecule has 0 aliphatic heterocycles. The summed E-state index contributed by atoms with van der Waals surface area (Å²) in [5.74, 6) is 1.00. The van der Waals surface area contributed by atoms with Crippen LogP contribution in [0.25, 0.3) is 0 Å². The molecular weight excluding hydrogens is 206 g/mol. The third-order valence-electron chi connectivity index (χ3n) is 1.93. The number of hydrogen-bond donors (Lipinski definition) is 1. The Bertz CT molecular complexity index is 369. The van der Waals surface area contributed by atoms with Gasteiger partial charge >= 0.3 is 0 Å². The molecule has 15 heavy (non-hydrogen) atoms. The standard InChI is InChI=1S/C11H15N3S/c1-14(2)5-6-15-11-4-3-9(8-12)7-10(11)13/h3-4,7H,5-6,13H2,1-2H3. The fourth-order valence-electron chi connectivity index (χ4n) is 1.09.